The second-order valence-electron chi connectivity index (χ2n) is 3.74. The third-order valence-corrected chi connectivity index (χ3v) is 3.67. The van der Waals surface area contributed by atoms with Crippen molar-refractivity contribution in [2.75, 3.05) is 24.2 Å². The number of nitrogens with one attached hydrogen (secondary N) is 1. The third-order valence-electron chi connectivity index (χ3n) is 2.42. The maximum Gasteiger partial charge on any atom is 0.327 e. The number of amides is 2. The van der Waals surface area contributed by atoms with Crippen molar-refractivity contribution in [2.45, 2.75) is 0 Å². The van der Waals surface area contributed by atoms with E-state index in [1.165, 1.54) is 11.8 Å². The lowest BCUT2D eigenvalue weighted by atomic mass is 10.3. The number of halogens is 1. The summed E-state index contributed by atoms with van der Waals surface area (Å²) >= 11 is 7.32. The lowest BCUT2D eigenvalue weighted by Gasteiger charge is -2.16. The zero-order valence-corrected chi connectivity index (χ0v) is 11.7. The molecule has 0 spiro atoms. The van der Waals surface area contributed by atoms with Gasteiger partial charge in [-0.25, -0.2) is 9.79 Å². The minimum absolute atomic E-state index is 0.205. The first-order chi connectivity index (χ1) is 9.20. The van der Waals surface area contributed by atoms with E-state index in [1.807, 2.05) is 0 Å². The van der Waals surface area contributed by atoms with Gasteiger partial charge in [-0.05, 0) is 24.3 Å². The molecular weight excluding hydrogens is 282 g/mol. The number of anilines is 1. The SMILES string of the molecule is C#CCN=C1SCCN1C(=O)Nc1ccc(Cl)cc1. The molecule has 1 aliphatic rings. The van der Waals surface area contributed by atoms with E-state index in [2.05, 4.69) is 16.2 Å². The number of nitrogens with zero attached hydrogens (tertiary/aromatic N) is 2. The Balaban J connectivity index is 2.03. The van der Waals surface area contributed by atoms with Crippen molar-refractivity contribution in [1.82, 2.24) is 4.90 Å². The van der Waals surface area contributed by atoms with Crippen molar-refractivity contribution >= 4 is 40.2 Å². The second kappa shape index (κ2) is 6.50. The highest BCUT2D eigenvalue weighted by atomic mass is 35.5. The van der Waals surface area contributed by atoms with Crippen molar-refractivity contribution in [1.29, 1.82) is 0 Å². The van der Waals surface area contributed by atoms with Crippen LogP contribution in [0.3, 0.4) is 0 Å². The fraction of sp³-hybridized carbons (Fsp3) is 0.231. The predicted molar refractivity (Wildman–Crippen MR) is 80.8 cm³/mol. The van der Waals surface area contributed by atoms with Crippen LogP contribution < -0.4 is 5.32 Å². The minimum Gasteiger partial charge on any atom is -0.307 e. The summed E-state index contributed by atoms with van der Waals surface area (Å²) in [5.74, 6) is 3.27. The van der Waals surface area contributed by atoms with Crippen LogP contribution in [-0.4, -0.2) is 34.9 Å². The van der Waals surface area contributed by atoms with Crippen LogP contribution in [0.2, 0.25) is 5.02 Å². The van der Waals surface area contributed by atoms with Gasteiger partial charge in [0.2, 0.25) is 0 Å². The molecule has 4 nitrogen and oxygen atoms in total. The molecule has 6 heteroatoms. The molecule has 0 aromatic heterocycles. The normalized spacial score (nSPS) is 16.4. The smallest absolute Gasteiger partial charge is 0.307 e. The number of urea groups is 1. The van der Waals surface area contributed by atoms with Gasteiger partial charge in [-0.2, -0.15) is 0 Å². The number of amidine groups is 1. The number of benzene rings is 1. The van der Waals surface area contributed by atoms with Crippen LogP contribution in [-0.2, 0) is 0 Å². The van der Waals surface area contributed by atoms with Gasteiger partial charge in [0.25, 0.3) is 0 Å². The zero-order chi connectivity index (χ0) is 13.7. The Labute approximate surface area is 121 Å². The molecule has 0 saturated carbocycles. The molecule has 19 heavy (non-hydrogen) atoms. The van der Waals surface area contributed by atoms with Crippen molar-refractivity contribution < 1.29 is 4.79 Å². The van der Waals surface area contributed by atoms with E-state index in [0.29, 0.717) is 22.4 Å². The number of thioether (sulfide) groups is 1. The molecule has 1 heterocycles. The molecule has 0 bridgehead atoms. The van der Waals surface area contributed by atoms with Crippen molar-refractivity contribution in [2.24, 2.45) is 4.99 Å². The number of carbonyl (C=O) groups excluding carboxylic acids is 1. The lowest BCUT2D eigenvalue weighted by Crippen LogP contribution is -2.35. The molecule has 1 N–H and O–H groups in total. The topological polar surface area (TPSA) is 44.7 Å². The first-order valence-electron chi connectivity index (χ1n) is 5.65. The molecule has 0 unspecified atom stereocenters. The minimum atomic E-state index is -0.205. The highest BCUT2D eigenvalue weighted by Gasteiger charge is 2.25. The third kappa shape index (κ3) is 3.66. The van der Waals surface area contributed by atoms with Crippen LogP contribution in [0.15, 0.2) is 29.3 Å². The molecule has 1 fully saturated rings. The van der Waals surface area contributed by atoms with E-state index in [4.69, 9.17) is 18.0 Å². The number of rotatable bonds is 2. The Hall–Kier alpha value is -1.64. The van der Waals surface area contributed by atoms with E-state index < -0.39 is 0 Å². The molecule has 2 amide bonds. The Bertz CT molecular complexity index is 536. The molecule has 0 radical (unpaired) electrons. The van der Waals surface area contributed by atoms with Crippen molar-refractivity contribution in [3.63, 3.8) is 0 Å². The van der Waals surface area contributed by atoms with E-state index in [9.17, 15) is 4.79 Å². The monoisotopic (exact) mass is 293 g/mol. The van der Waals surface area contributed by atoms with E-state index >= 15 is 0 Å². The summed E-state index contributed by atoms with van der Waals surface area (Å²) in [7, 11) is 0. The average Bonchev–Trinajstić information content (AvgIpc) is 2.87. The largest absolute Gasteiger partial charge is 0.327 e. The molecule has 1 aromatic rings. The van der Waals surface area contributed by atoms with Crippen LogP contribution in [0.4, 0.5) is 10.5 Å². The van der Waals surface area contributed by atoms with Gasteiger partial charge in [0, 0.05) is 23.0 Å². The van der Waals surface area contributed by atoms with E-state index in [-0.39, 0.29) is 12.6 Å². The summed E-state index contributed by atoms with van der Waals surface area (Å²) in [5, 5.41) is 4.10. The van der Waals surface area contributed by atoms with Gasteiger partial charge in [0.15, 0.2) is 5.17 Å². The number of hydrogen-bond acceptors (Lipinski definition) is 3. The van der Waals surface area contributed by atoms with Gasteiger partial charge in [-0.3, -0.25) is 4.90 Å². The number of aliphatic imine (C=N–C) groups is 1. The standard InChI is InChI=1S/C13H12ClN3OS/c1-2-7-15-13-17(8-9-19-13)12(18)16-11-5-3-10(14)4-6-11/h1,3-6H,7-9H2,(H,16,18). The number of terminal acetylenes is 1. The Morgan fingerprint density at radius 3 is 2.95 bits per heavy atom. The first kappa shape index (κ1) is 13.8. The number of hydrogen-bond donors (Lipinski definition) is 1. The highest BCUT2D eigenvalue weighted by Crippen LogP contribution is 2.20. The molecule has 1 aliphatic heterocycles. The summed E-state index contributed by atoms with van der Waals surface area (Å²) in [5.41, 5.74) is 0.697. The van der Waals surface area contributed by atoms with Gasteiger partial charge >= 0.3 is 6.03 Å². The summed E-state index contributed by atoms with van der Waals surface area (Å²) in [6.07, 6.45) is 5.17. The Kier molecular flexibility index (Phi) is 4.72. The van der Waals surface area contributed by atoms with Crippen LogP contribution >= 0.6 is 23.4 Å². The summed E-state index contributed by atoms with van der Waals surface area (Å²) in [6, 6.07) is 6.75. The molecule has 98 valence electrons. The number of carbonyl (C=O) groups is 1. The molecular formula is C13H12ClN3OS. The first-order valence-corrected chi connectivity index (χ1v) is 7.02. The quantitative estimate of drug-likeness (QED) is 0.852. The summed E-state index contributed by atoms with van der Waals surface area (Å²) in [6.45, 7) is 0.917. The molecule has 1 saturated heterocycles. The summed E-state index contributed by atoms with van der Waals surface area (Å²) in [4.78, 5) is 17.9. The molecule has 1 aromatic carbocycles. The lowest BCUT2D eigenvalue weighted by molar-refractivity contribution is 0.236. The highest BCUT2D eigenvalue weighted by molar-refractivity contribution is 8.14. The van der Waals surface area contributed by atoms with Gasteiger partial charge in [-0.1, -0.05) is 29.3 Å². The van der Waals surface area contributed by atoms with Crippen LogP contribution in [0.25, 0.3) is 0 Å². The Morgan fingerprint density at radius 1 is 1.53 bits per heavy atom. The van der Waals surface area contributed by atoms with Crippen molar-refractivity contribution in [3.8, 4) is 12.3 Å². The van der Waals surface area contributed by atoms with Crippen LogP contribution in [0.1, 0.15) is 0 Å². The average molecular weight is 294 g/mol. The maximum atomic E-state index is 12.1. The predicted octanol–water partition coefficient (Wildman–Crippen LogP) is 2.91. The fourth-order valence-corrected chi connectivity index (χ4v) is 2.63. The molecule has 2 rings (SSSR count). The van der Waals surface area contributed by atoms with Crippen molar-refractivity contribution in [3.05, 3.63) is 29.3 Å². The fourth-order valence-electron chi connectivity index (χ4n) is 1.56. The second-order valence-corrected chi connectivity index (χ2v) is 5.24. The molecule has 0 aliphatic carbocycles. The van der Waals surface area contributed by atoms with Gasteiger partial charge in [0.1, 0.15) is 6.54 Å². The van der Waals surface area contributed by atoms with Crippen LogP contribution in [0.5, 0.6) is 0 Å². The van der Waals surface area contributed by atoms with Crippen LogP contribution in [0, 0.1) is 12.3 Å². The van der Waals surface area contributed by atoms with E-state index in [1.54, 1.807) is 29.2 Å². The molecule has 0 atom stereocenters. The van der Waals surface area contributed by atoms with E-state index in [0.717, 1.165) is 5.75 Å². The summed E-state index contributed by atoms with van der Waals surface area (Å²) < 4.78 is 0. The zero-order valence-electron chi connectivity index (χ0n) is 10.1. The maximum absolute atomic E-state index is 12.1. The van der Waals surface area contributed by atoms with Gasteiger partial charge in [0.05, 0.1) is 0 Å². The van der Waals surface area contributed by atoms with Gasteiger partial charge < -0.3 is 5.32 Å². The Morgan fingerprint density at radius 2 is 2.26 bits per heavy atom. The van der Waals surface area contributed by atoms with Gasteiger partial charge in [-0.15, -0.1) is 6.42 Å².